The van der Waals surface area contributed by atoms with Crippen LogP contribution in [0.1, 0.15) is 5.82 Å². The number of hydrogen-bond acceptors (Lipinski definition) is 3. The predicted octanol–water partition coefficient (Wildman–Crippen LogP) is 1.34. The van der Waals surface area contributed by atoms with E-state index in [-0.39, 0.29) is 0 Å². The zero-order chi connectivity index (χ0) is 9.38. The van der Waals surface area contributed by atoms with Crippen molar-refractivity contribution < 1.29 is 4.74 Å². The van der Waals surface area contributed by atoms with Crippen molar-refractivity contribution >= 4 is 16.9 Å². The molecule has 1 N–H and O–H groups in total. The lowest BCUT2D eigenvalue weighted by molar-refractivity contribution is 0.346. The number of nitrogens with zero attached hydrogens (tertiary/aromatic N) is 2. The van der Waals surface area contributed by atoms with E-state index in [2.05, 4.69) is 15.0 Å². The number of H-pyrrole nitrogens is 1. The fourth-order valence-corrected chi connectivity index (χ4v) is 1.53. The number of nitrogens with one attached hydrogen (secondary N) is 1. The molecule has 0 unspecified atom stereocenters. The average Bonchev–Trinajstić information content (AvgIpc) is 2.86. The quantitative estimate of drug-likeness (QED) is 0.732. The third-order valence-electron chi connectivity index (χ3n) is 2.18. The zero-order valence-corrected chi connectivity index (χ0v) is 7.53. The van der Waals surface area contributed by atoms with Crippen molar-refractivity contribution in [2.75, 3.05) is 13.2 Å². The molecule has 1 aromatic carbocycles. The Labute approximate surface area is 80.6 Å². The Balaban J connectivity index is 2.14. The molecule has 0 spiro atoms. The summed E-state index contributed by atoms with van der Waals surface area (Å²) in [5, 5.41) is 0. The van der Waals surface area contributed by atoms with Gasteiger partial charge in [0.15, 0.2) is 5.82 Å². The topological polar surface area (TPSA) is 50.3 Å². The van der Waals surface area contributed by atoms with Crippen LogP contribution >= 0.6 is 0 Å². The molecule has 2 aromatic rings. The Morgan fingerprint density at radius 3 is 3.00 bits per heavy atom. The van der Waals surface area contributed by atoms with Gasteiger partial charge in [-0.05, 0) is 12.1 Å². The van der Waals surface area contributed by atoms with Crippen molar-refractivity contribution in [3.8, 4) is 0 Å². The maximum absolute atomic E-state index is 5.32. The lowest BCUT2D eigenvalue weighted by Crippen LogP contribution is -2.02. The first kappa shape index (κ1) is 7.55. The second-order valence-electron chi connectivity index (χ2n) is 3.14. The lowest BCUT2D eigenvalue weighted by atomic mass is 10.3. The van der Waals surface area contributed by atoms with Crippen LogP contribution in [0.15, 0.2) is 29.3 Å². The lowest BCUT2D eigenvalue weighted by Gasteiger charge is -1.94. The molecule has 0 amide bonds. The van der Waals surface area contributed by atoms with E-state index in [1.807, 2.05) is 24.3 Å². The molecule has 1 aliphatic rings. The van der Waals surface area contributed by atoms with Gasteiger partial charge in [-0.15, -0.1) is 0 Å². The molecule has 1 aromatic heterocycles. The minimum atomic E-state index is 0.626. The highest BCUT2D eigenvalue weighted by Gasteiger charge is 2.13. The molecule has 4 heteroatoms. The first-order valence-corrected chi connectivity index (χ1v) is 4.56. The second kappa shape index (κ2) is 2.83. The van der Waals surface area contributed by atoms with Crippen molar-refractivity contribution in [1.29, 1.82) is 0 Å². The molecule has 0 fully saturated rings. The first-order chi connectivity index (χ1) is 6.93. The van der Waals surface area contributed by atoms with E-state index >= 15 is 0 Å². The van der Waals surface area contributed by atoms with Gasteiger partial charge in [-0.3, -0.25) is 0 Å². The number of benzene rings is 1. The van der Waals surface area contributed by atoms with E-state index in [9.17, 15) is 0 Å². The van der Waals surface area contributed by atoms with Crippen LogP contribution in [0.25, 0.3) is 11.0 Å². The summed E-state index contributed by atoms with van der Waals surface area (Å²) in [4.78, 5) is 11.8. The van der Waals surface area contributed by atoms with Crippen LogP contribution in [0, 0.1) is 0 Å². The molecule has 70 valence electrons. The molecule has 4 nitrogen and oxygen atoms in total. The van der Waals surface area contributed by atoms with Gasteiger partial charge < -0.3 is 9.72 Å². The highest BCUT2D eigenvalue weighted by atomic mass is 16.5. The van der Waals surface area contributed by atoms with Crippen LogP contribution in [0.5, 0.6) is 0 Å². The number of aromatic nitrogens is 2. The maximum Gasteiger partial charge on any atom is 0.253 e. The molecule has 0 saturated heterocycles. The molecule has 0 bridgehead atoms. The Hall–Kier alpha value is -1.84. The summed E-state index contributed by atoms with van der Waals surface area (Å²) in [6.07, 6.45) is 0. The molecule has 14 heavy (non-hydrogen) atoms. The molecular formula is C10H9N3O. The second-order valence-corrected chi connectivity index (χ2v) is 3.14. The number of aliphatic imine (C=N–C) groups is 1. The maximum atomic E-state index is 5.32. The number of rotatable bonds is 1. The number of imidazole rings is 1. The van der Waals surface area contributed by atoms with Gasteiger partial charge in [0.1, 0.15) is 6.61 Å². The van der Waals surface area contributed by atoms with E-state index in [1.165, 1.54) is 0 Å². The van der Waals surface area contributed by atoms with E-state index in [4.69, 9.17) is 4.74 Å². The zero-order valence-electron chi connectivity index (χ0n) is 7.53. The molecule has 2 heterocycles. The Morgan fingerprint density at radius 1 is 1.29 bits per heavy atom. The summed E-state index contributed by atoms with van der Waals surface area (Å²) in [7, 11) is 0. The Kier molecular flexibility index (Phi) is 1.53. The highest BCUT2D eigenvalue weighted by molar-refractivity contribution is 5.94. The monoisotopic (exact) mass is 187 g/mol. The third-order valence-corrected chi connectivity index (χ3v) is 2.18. The average molecular weight is 187 g/mol. The number of ether oxygens (including phenoxy) is 1. The van der Waals surface area contributed by atoms with Crippen LogP contribution in [0.3, 0.4) is 0 Å². The van der Waals surface area contributed by atoms with Crippen molar-refractivity contribution in [2.24, 2.45) is 4.99 Å². The molecule has 3 rings (SSSR count). The minimum Gasteiger partial charge on any atom is -0.473 e. The van der Waals surface area contributed by atoms with Gasteiger partial charge in [0.25, 0.3) is 5.90 Å². The molecule has 0 saturated carbocycles. The first-order valence-electron chi connectivity index (χ1n) is 4.56. The van der Waals surface area contributed by atoms with Crippen LogP contribution in [0.4, 0.5) is 0 Å². The standard InChI is InChI=1S/C10H9N3O/c1-2-4-8-7(3-1)12-9(13-8)10-11-5-6-14-10/h1-4H,5-6H2,(H,12,13). The molecular weight excluding hydrogens is 178 g/mol. The van der Waals surface area contributed by atoms with Crippen molar-refractivity contribution in [1.82, 2.24) is 9.97 Å². The fourth-order valence-electron chi connectivity index (χ4n) is 1.53. The van der Waals surface area contributed by atoms with Crippen molar-refractivity contribution in [2.45, 2.75) is 0 Å². The van der Waals surface area contributed by atoms with Crippen molar-refractivity contribution in [3.05, 3.63) is 30.1 Å². The van der Waals surface area contributed by atoms with Crippen LogP contribution < -0.4 is 0 Å². The fraction of sp³-hybridized carbons (Fsp3) is 0.200. The SMILES string of the molecule is c1ccc2[nH]c(C3=NCCO3)nc2c1. The Morgan fingerprint density at radius 2 is 2.21 bits per heavy atom. The summed E-state index contributed by atoms with van der Waals surface area (Å²) in [6.45, 7) is 1.39. The molecule has 0 atom stereocenters. The molecule has 0 radical (unpaired) electrons. The largest absolute Gasteiger partial charge is 0.473 e. The normalized spacial score (nSPS) is 15.6. The number of aromatic amines is 1. The van der Waals surface area contributed by atoms with E-state index < -0.39 is 0 Å². The van der Waals surface area contributed by atoms with Gasteiger partial charge in [-0.1, -0.05) is 12.1 Å². The summed E-state index contributed by atoms with van der Waals surface area (Å²) in [5.74, 6) is 1.35. The summed E-state index contributed by atoms with van der Waals surface area (Å²) in [6, 6.07) is 7.89. The van der Waals surface area contributed by atoms with Gasteiger partial charge >= 0.3 is 0 Å². The van der Waals surface area contributed by atoms with Gasteiger partial charge in [-0.2, -0.15) is 0 Å². The number of para-hydroxylation sites is 2. The third kappa shape index (κ3) is 1.08. The summed E-state index contributed by atoms with van der Waals surface area (Å²) in [5.41, 5.74) is 1.96. The molecule has 0 aliphatic carbocycles. The summed E-state index contributed by atoms with van der Waals surface area (Å²) >= 11 is 0. The molecule has 1 aliphatic heterocycles. The van der Waals surface area contributed by atoms with Crippen LogP contribution in [-0.4, -0.2) is 29.0 Å². The Bertz CT molecular complexity index is 468. The predicted molar refractivity (Wildman–Crippen MR) is 53.4 cm³/mol. The van der Waals surface area contributed by atoms with E-state index in [0.717, 1.165) is 23.4 Å². The van der Waals surface area contributed by atoms with Gasteiger partial charge in [0.05, 0.1) is 17.6 Å². The van der Waals surface area contributed by atoms with Crippen LogP contribution in [-0.2, 0) is 4.74 Å². The summed E-state index contributed by atoms with van der Waals surface area (Å²) < 4.78 is 5.32. The van der Waals surface area contributed by atoms with Gasteiger partial charge in [-0.25, -0.2) is 9.98 Å². The van der Waals surface area contributed by atoms with Gasteiger partial charge in [0.2, 0.25) is 0 Å². The van der Waals surface area contributed by atoms with E-state index in [1.54, 1.807) is 0 Å². The number of hydrogen-bond donors (Lipinski definition) is 1. The number of fused-ring (bicyclic) bond motifs is 1. The minimum absolute atomic E-state index is 0.626. The van der Waals surface area contributed by atoms with Crippen molar-refractivity contribution in [3.63, 3.8) is 0 Å². The van der Waals surface area contributed by atoms with Gasteiger partial charge in [0, 0.05) is 0 Å². The van der Waals surface area contributed by atoms with E-state index in [0.29, 0.717) is 12.5 Å². The highest BCUT2D eigenvalue weighted by Crippen LogP contribution is 2.12. The van der Waals surface area contributed by atoms with Crippen LogP contribution in [0.2, 0.25) is 0 Å². The smallest absolute Gasteiger partial charge is 0.253 e.